The van der Waals surface area contributed by atoms with Gasteiger partial charge in [-0.15, -0.1) is 12.4 Å². The van der Waals surface area contributed by atoms with E-state index in [-0.39, 0.29) is 30.9 Å². The van der Waals surface area contributed by atoms with Crippen molar-refractivity contribution in [1.82, 2.24) is 15.1 Å². The van der Waals surface area contributed by atoms with Gasteiger partial charge in [-0.3, -0.25) is 19.3 Å². The van der Waals surface area contributed by atoms with Crippen molar-refractivity contribution in [3.63, 3.8) is 0 Å². The zero-order valence-electron chi connectivity index (χ0n) is 15.9. The topological polar surface area (TPSA) is 69.7 Å². The summed E-state index contributed by atoms with van der Waals surface area (Å²) in [5, 5.41) is 3.89. The molecule has 0 bridgehead atoms. The zero-order chi connectivity index (χ0) is 19.8. The molecule has 1 atom stereocenters. The molecule has 2 aliphatic rings. The van der Waals surface area contributed by atoms with Gasteiger partial charge in [-0.1, -0.05) is 35.4 Å². The Morgan fingerprint density at radius 3 is 2.66 bits per heavy atom. The molecule has 0 radical (unpaired) electrons. The fraction of sp³-hybridized carbons (Fsp3) is 0.286. The second-order valence-electron chi connectivity index (χ2n) is 7.11. The van der Waals surface area contributed by atoms with Crippen molar-refractivity contribution in [2.45, 2.75) is 13.0 Å². The Labute approximate surface area is 180 Å². The van der Waals surface area contributed by atoms with Crippen LogP contribution in [-0.4, -0.2) is 53.7 Å². The molecule has 2 heterocycles. The molecule has 2 aliphatic heterocycles. The fourth-order valence-electron chi connectivity index (χ4n) is 3.79. The van der Waals surface area contributed by atoms with Crippen molar-refractivity contribution in [1.29, 1.82) is 0 Å². The van der Waals surface area contributed by atoms with E-state index in [0.717, 1.165) is 16.0 Å². The van der Waals surface area contributed by atoms with Crippen LogP contribution in [0.1, 0.15) is 37.9 Å². The molecule has 152 valence electrons. The van der Waals surface area contributed by atoms with Crippen LogP contribution >= 0.6 is 24.0 Å². The number of benzene rings is 2. The van der Waals surface area contributed by atoms with Crippen LogP contribution in [0.5, 0.6) is 0 Å². The summed E-state index contributed by atoms with van der Waals surface area (Å²) in [6.07, 6.45) is 0. The predicted octanol–water partition coefficient (Wildman–Crippen LogP) is 2.84. The number of nitrogens with one attached hydrogen (secondary N) is 1. The number of rotatable bonds is 3. The Bertz CT molecular complexity index is 979. The average molecular weight is 434 g/mol. The molecule has 8 heteroatoms. The molecule has 1 N–H and O–H groups in total. The molecule has 0 aliphatic carbocycles. The number of carbonyl (C=O) groups excluding carboxylic acids is 3. The number of hydrogen-bond acceptors (Lipinski definition) is 4. The molecule has 1 unspecified atom stereocenters. The van der Waals surface area contributed by atoms with Crippen LogP contribution in [0, 0.1) is 6.92 Å². The zero-order valence-corrected chi connectivity index (χ0v) is 17.4. The summed E-state index contributed by atoms with van der Waals surface area (Å²) in [4.78, 5) is 41.1. The minimum Gasteiger partial charge on any atom is -0.332 e. The van der Waals surface area contributed by atoms with Gasteiger partial charge < -0.3 is 10.2 Å². The summed E-state index contributed by atoms with van der Waals surface area (Å²) in [7, 11) is 0. The normalized spacial score (nSPS) is 18.5. The van der Waals surface area contributed by atoms with Gasteiger partial charge in [0.2, 0.25) is 5.91 Å². The molecule has 0 aromatic heterocycles. The summed E-state index contributed by atoms with van der Waals surface area (Å²) >= 11 is 6.11. The van der Waals surface area contributed by atoms with Gasteiger partial charge >= 0.3 is 0 Å². The van der Waals surface area contributed by atoms with Crippen LogP contribution in [0.25, 0.3) is 0 Å². The Morgan fingerprint density at radius 2 is 1.90 bits per heavy atom. The van der Waals surface area contributed by atoms with E-state index >= 15 is 0 Å². The van der Waals surface area contributed by atoms with E-state index in [9.17, 15) is 14.4 Å². The number of carbonyl (C=O) groups is 3. The molecule has 0 saturated carbocycles. The number of amides is 3. The summed E-state index contributed by atoms with van der Waals surface area (Å²) in [5.74, 6) is -1.08. The third-order valence-corrected chi connectivity index (χ3v) is 5.45. The molecule has 29 heavy (non-hydrogen) atoms. The number of aryl methyl sites for hydroxylation is 1. The van der Waals surface area contributed by atoms with E-state index in [4.69, 9.17) is 11.6 Å². The molecular formula is C21H21Cl2N3O3. The van der Waals surface area contributed by atoms with E-state index in [0.29, 0.717) is 35.8 Å². The van der Waals surface area contributed by atoms with Gasteiger partial charge in [0.15, 0.2) is 0 Å². The predicted molar refractivity (Wildman–Crippen MR) is 113 cm³/mol. The summed E-state index contributed by atoms with van der Waals surface area (Å²) in [6, 6.07) is 12.3. The van der Waals surface area contributed by atoms with Crippen LogP contribution in [-0.2, 0) is 4.79 Å². The molecular weight excluding hydrogens is 413 g/mol. The second kappa shape index (κ2) is 8.53. The lowest BCUT2D eigenvalue weighted by Gasteiger charge is -2.37. The fourth-order valence-corrected chi connectivity index (χ4v) is 3.99. The summed E-state index contributed by atoms with van der Waals surface area (Å²) < 4.78 is 0. The quantitative estimate of drug-likeness (QED) is 0.755. The maximum absolute atomic E-state index is 13.1. The van der Waals surface area contributed by atoms with Gasteiger partial charge in [0.25, 0.3) is 11.8 Å². The first-order valence-corrected chi connectivity index (χ1v) is 9.56. The number of halogens is 2. The molecule has 0 spiro atoms. The lowest BCUT2D eigenvalue weighted by Crippen LogP contribution is -2.52. The van der Waals surface area contributed by atoms with Crippen LogP contribution < -0.4 is 5.32 Å². The van der Waals surface area contributed by atoms with Gasteiger partial charge in [0.1, 0.15) is 6.54 Å². The highest BCUT2D eigenvalue weighted by Gasteiger charge is 2.38. The van der Waals surface area contributed by atoms with Crippen molar-refractivity contribution in [2.75, 3.05) is 26.2 Å². The first-order valence-electron chi connectivity index (χ1n) is 9.18. The molecule has 3 amide bonds. The Kier molecular flexibility index (Phi) is 6.27. The van der Waals surface area contributed by atoms with Crippen molar-refractivity contribution < 1.29 is 14.4 Å². The molecule has 1 fully saturated rings. The first kappa shape index (κ1) is 21.3. The monoisotopic (exact) mass is 433 g/mol. The highest BCUT2D eigenvalue weighted by molar-refractivity contribution is 6.30. The highest BCUT2D eigenvalue weighted by atomic mass is 35.5. The lowest BCUT2D eigenvalue weighted by atomic mass is 10.0. The standard InChI is InChI=1S/C21H20ClN3O3.ClH/c1-13-5-6-16-17(9-13)21(28)25(20(16)27)12-19(26)24-8-7-23-11-18(24)14-3-2-4-15(22)10-14;/h2-6,9-10,18,23H,7-8,11-12H2,1H3;1H. The van der Waals surface area contributed by atoms with Crippen molar-refractivity contribution in [3.8, 4) is 0 Å². The Hall–Kier alpha value is -2.41. The Morgan fingerprint density at radius 1 is 1.14 bits per heavy atom. The average Bonchev–Trinajstić information content (AvgIpc) is 2.92. The smallest absolute Gasteiger partial charge is 0.262 e. The number of nitrogens with zero attached hydrogens (tertiary/aromatic N) is 2. The SMILES string of the molecule is Cc1ccc2c(c1)C(=O)N(CC(=O)N1CCNCC1c1cccc(Cl)c1)C2=O.Cl. The highest BCUT2D eigenvalue weighted by Crippen LogP contribution is 2.27. The van der Waals surface area contributed by atoms with E-state index in [2.05, 4.69) is 5.32 Å². The van der Waals surface area contributed by atoms with Crippen LogP contribution in [0.3, 0.4) is 0 Å². The van der Waals surface area contributed by atoms with Gasteiger partial charge in [0.05, 0.1) is 17.2 Å². The van der Waals surface area contributed by atoms with E-state index in [1.54, 1.807) is 29.2 Å². The van der Waals surface area contributed by atoms with Gasteiger partial charge in [-0.2, -0.15) is 0 Å². The van der Waals surface area contributed by atoms with Crippen molar-refractivity contribution >= 4 is 41.7 Å². The molecule has 2 aromatic rings. The largest absolute Gasteiger partial charge is 0.332 e. The summed E-state index contributed by atoms with van der Waals surface area (Å²) in [5.41, 5.74) is 2.54. The molecule has 1 saturated heterocycles. The summed E-state index contributed by atoms with van der Waals surface area (Å²) in [6.45, 7) is 3.35. The maximum Gasteiger partial charge on any atom is 0.262 e. The van der Waals surface area contributed by atoms with Crippen LogP contribution in [0.2, 0.25) is 5.02 Å². The third kappa shape index (κ3) is 4.01. The van der Waals surface area contributed by atoms with Gasteiger partial charge in [-0.25, -0.2) is 0 Å². The number of imide groups is 1. The minimum absolute atomic E-state index is 0. The van der Waals surface area contributed by atoms with Crippen molar-refractivity contribution in [2.24, 2.45) is 0 Å². The number of piperazine rings is 1. The third-order valence-electron chi connectivity index (χ3n) is 5.22. The Balaban J connectivity index is 0.00000240. The van der Waals surface area contributed by atoms with E-state index in [1.807, 2.05) is 25.1 Å². The minimum atomic E-state index is -0.414. The van der Waals surface area contributed by atoms with Crippen molar-refractivity contribution in [3.05, 3.63) is 69.7 Å². The van der Waals surface area contributed by atoms with E-state index in [1.165, 1.54) is 0 Å². The second-order valence-corrected chi connectivity index (χ2v) is 7.54. The maximum atomic E-state index is 13.1. The van der Waals surface area contributed by atoms with Gasteiger partial charge in [-0.05, 0) is 36.8 Å². The van der Waals surface area contributed by atoms with Crippen LogP contribution in [0.4, 0.5) is 0 Å². The van der Waals surface area contributed by atoms with E-state index < -0.39 is 11.8 Å². The first-order chi connectivity index (χ1) is 13.5. The van der Waals surface area contributed by atoms with Gasteiger partial charge in [0, 0.05) is 24.7 Å². The lowest BCUT2D eigenvalue weighted by molar-refractivity contribution is -0.134. The number of fused-ring (bicyclic) bond motifs is 1. The molecule has 6 nitrogen and oxygen atoms in total. The molecule has 4 rings (SSSR count). The molecule has 2 aromatic carbocycles. The van der Waals surface area contributed by atoms with Crippen LogP contribution in [0.15, 0.2) is 42.5 Å². The number of hydrogen-bond donors (Lipinski definition) is 1.